The van der Waals surface area contributed by atoms with Crippen molar-refractivity contribution in [1.82, 2.24) is 5.32 Å². The maximum Gasteiger partial charge on any atom is 0.244 e. The molecule has 0 spiro atoms. The summed E-state index contributed by atoms with van der Waals surface area (Å²) in [6.45, 7) is 0.792. The molecule has 1 N–H and O–H groups in total. The average Bonchev–Trinajstić information content (AvgIpc) is 2.81. The lowest BCUT2D eigenvalue weighted by atomic mass is 10.1. The van der Waals surface area contributed by atoms with Crippen molar-refractivity contribution in [2.24, 2.45) is 0 Å². The lowest BCUT2D eigenvalue weighted by Gasteiger charge is -2.12. The summed E-state index contributed by atoms with van der Waals surface area (Å²) in [5, 5.41) is 11.9. The zero-order valence-corrected chi connectivity index (χ0v) is 16.7. The zero-order chi connectivity index (χ0) is 21.2. The van der Waals surface area contributed by atoms with Crippen molar-refractivity contribution >= 4 is 12.0 Å². The molecule has 0 radical (unpaired) electrons. The lowest BCUT2D eigenvalue weighted by Crippen LogP contribution is -2.20. The van der Waals surface area contributed by atoms with Gasteiger partial charge in [-0.2, -0.15) is 5.26 Å². The van der Waals surface area contributed by atoms with Gasteiger partial charge in [-0.05, 0) is 41.0 Å². The number of ether oxygens (including phenoxy) is 2. The van der Waals surface area contributed by atoms with Crippen LogP contribution in [0.1, 0.15) is 22.3 Å². The van der Waals surface area contributed by atoms with Crippen LogP contribution in [-0.4, -0.2) is 13.0 Å². The molecule has 5 nitrogen and oxygen atoms in total. The molecule has 30 heavy (non-hydrogen) atoms. The number of hydrogen-bond donors (Lipinski definition) is 1. The van der Waals surface area contributed by atoms with E-state index in [1.54, 1.807) is 31.4 Å². The highest BCUT2D eigenvalue weighted by Crippen LogP contribution is 2.28. The van der Waals surface area contributed by atoms with Crippen LogP contribution in [0, 0.1) is 11.3 Å². The molecular weight excluding hydrogens is 376 g/mol. The monoisotopic (exact) mass is 398 g/mol. The summed E-state index contributed by atoms with van der Waals surface area (Å²) in [6, 6.07) is 24.7. The standard InChI is InChI=1S/C25H22N2O3/c1-29-24-15-20(11-13-23(24)30-18-19-7-3-2-4-8-19)17-27-25(28)14-12-21-9-5-6-10-22(21)16-26/h2-15H,17-18H2,1H3,(H,27,28)/b14-12+. The minimum Gasteiger partial charge on any atom is -0.493 e. The van der Waals surface area contributed by atoms with Gasteiger partial charge in [0.05, 0.1) is 18.7 Å². The van der Waals surface area contributed by atoms with E-state index in [9.17, 15) is 4.79 Å². The summed E-state index contributed by atoms with van der Waals surface area (Å²) < 4.78 is 11.3. The average molecular weight is 398 g/mol. The third-order valence-electron chi connectivity index (χ3n) is 4.43. The molecule has 0 aromatic heterocycles. The molecule has 0 unspecified atom stereocenters. The number of benzene rings is 3. The fourth-order valence-electron chi connectivity index (χ4n) is 2.83. The fourth-order valence-corrected chi connectivity index (χ4v) is 2.83. The molecule has 3 aromatic carbocycles. The van der Waals surface area contributed by atoms with E-state index in [4.69, 9.17) is 14.7 Å². The molecule has 0 atom stereocenters. The summed E-state index contributed by atoms with van der Waals surface area (Å²) in [5.74, 6) is 1.01. The second-order valence-corrected chi connectivity index (χ2v) is 6.51. The van der Waals surface area contributed by atoms with Gasteiger partial charge in [0.25, 0.3) is 0 Å². The van der Waals surface area contributed by atoms with Crippen LogP contribution < -0.4 is 14.8 Å². The van der Waals surface area contributed by atoms with Crippen molar-refractivity contribution in [2.45, 2.75) is 13.2 Å². The van der Waals surface area contributed by atoms with Gasteiger partial charge in [0.15, 0.2) is 11.5 Å². The van der Waals surface area contributed by atoms with Crippen LogP contribution in [0.15, 0.2) is 78.9 Å². The first kappa shape index (κ1) is 20.7. The van der Waals surface area contributed by atoms with E-state index in [2.05, 4.69) is 11.4 Å². The van der Waals surface area contributed by atoms with Crippen molar-refractivity contribution < 1.29 is 14.3 Å². The van der Waals surface area contributed by atoms with Crippen molar-refractivity contribution in [3.63, 3.8) is 0 Å². The highest BCUT2D eigenvalue weighted by molar-refractivity contribution is 5.92. The number of hydrogen-bond acceptors (Lipinski definition) is 4. The quantitative estimate of drug-likeness (QED) is 0.568. The Bertz CT molecular complexity index is 1070. The number of amides is 1. The summed E-state index contributed by atoms with van der Waals surface area (Å²) >= 11 is 0. The topological polar surface area (TPSA) is 71.3 Å². The zero-order valence-electron chi connectivity index (χ0n) is 16.7. The van der Waals surface area contributed by atoms with E-state index in [0.717, 1.165) is 11.1 Å². The normalized spacial score (nSPS) is 10.4. The molecule has 0 heterocycles. The molecular formula is C25H22N2O3. The molecule has 0 aliphatic carbocycles. The molecule has 0 fully saturated rings. The second-order valence-electron chi connectivity index (χ2n) is 6.51. The van der Waals surface area contributed by atoms with Gasteiger partial charge in [-0.1, -0.05) is 54.6 Å². The Hall–Kier alpha value is -4.04. The van der Waals surface area contributed by atoms with E-state index in [1.807, 2.05) is 54.6 Å². The first-order valence-electron chi connectivity index (χ1n) is 9.48. The largest absolute Gasteiger partial charge is 0.493 e. The molecule has 0 saturated heterocycles. The van der Waals surface area contributed by atoms with E-state index >= 15 is 0 Å². The molecule has 0 saturated carbocycles. The molecule has 3 aromatic rings. The molecule has 5 heteroatoms. The minimum absolute atomic E-state index is 0.244. The maximum atomic E-state index is 12.1. The van der Waals surface area contributed by atoms with Crippen molar-refractivity contribution in [3.05, 3.63) is 101 Å². The van der Waals surface area contributed by atoms with Gasteiger partial charge in [-0.3, -0.25) is 4.79 Å². The highest BCUT2D eigenvalue weighted by Gasteiger charge is 2.07. The Kier molecular flexibility index (Phi) is 7.23. The Labute approximate surface area is 176 Å². The molecule has 3 rings (SSSR count). The predicted octanol–water partition coefficient (Wildman–Crippen LogP) is 4.48. The Balaban J connectivity index is 1.58. The molecule has 1 amide bonds. The van der Waals surface area contributed by atoms with Crippen molar-refractivity contribution in [1.29, 1.82) is 5.26 Å². The number of methoxy groups -OCH3 is 1. The van der Waals surface area contributed by atoms with Crippen LogP contribution in [0.5, 0.6) is 11.5 Å². The SMILES string of the molecule is COc1cc(CNC(=O)/C=C/c2ccccc2C#N)ccc1OCc1ccccc1. The number of carbonyl (C=O) groups excluding carboxylic acids is 1. The summed E-state index contributed by atoms with van der Waals surface area (Å²) in [4.78, 5) is 12.1. The van der Waals surface area contributed by atoms with Gasteiger partial charge >= 0.3 is 0 Å². The first-order chi connectivity index (χ1) is 14.7. The Morgan fingerprint density at radius 2 is 1.77 bits per heavy atom. The third-order valence-corrected chi connectivity index (χ3v) is 4.43. The number of carbonyl (C=O) groups is 1. The smallest absolute Gasteiger partial charge is 0.244 e. The van der Waals surface area contributed by atoms with Crippen LogP contribution in [0.25, 0.3) is 6.08 Å². The van der Waals surface area contributed by atoms with Gasteiger partial charge in [-0.25, -0.2) is 0 Å². The Morgan fingerprint density at radius 3 is 2.53 bits per heavy atom. The van der Waals surface area contributed by atoms with Gasteiger partial charge in [0.1, 0.15) is 6.61 Å². The number of nitrogens with one attached hydrogen (secondary N) is 1. The number of nitriles is 1. The summed E-state index contributed by atoms with van der Waals surface area (Å²) in [5.41, 5.74) is 3.19. The molecule has 0 bridgehead atoms. The van der Waals surface area contributed by atoms with E-state index in [1.165, 1.54) is 6.08 Å². The van der Waals surface area contributed by atoms with Gasteiger partial charge < -0.3 is 14.8 Å². The van der Waals surface area contributed by atoms with E-state index in [0.29, 0.717) is 35.8 Å². The molecule has 150 valence electrons. The first-order valence-corrected chi connectivity index (χ1v) is 9.48. The van der Waals surface area contributed by atoms with Crippen LogP contribution in [0.4, 0.5) is 0 Å². The minimum atomic E-state index is -0.244. The van der Waals surface area contributed by atoms with E-state index in [-0.39, 0.29) is 5.91 Å². The van der Waals surface area contributed by atoms with Crippen molar-refractivity contribution in [3.8, 4) is 17.6 Å². The third kappa shape index (κ3) is 5.73. The van der Waals surface area contributed by atoms with Gasteiger partial charge in [-0.15, -0.1) is 0 Å². The summed E-state index contributed by atoms with van der Waals surface area (Å²) in [7, 11) is 1.59. The second kappa shape index (κ2) is 10.5. The van der Waals surface area contributed by atoms with E-state index < -0.39 is 0 Å². The summed E-state index contributed by atoms with van der Waals surface area (Å²) in [6.07, 6.45) is 3.06. The molecule has 0 aliphatic heterocycles. The van der Waals surface area contributed by atoms with Crippen LogP contribution >= 0.6 is 0 Å². The number of rotatable bonds is 8. The predicted molar refractivity (Wildman–Crippen MR) is 116 cm³/mol. The van der Waals surface area contributed by atoms with Crippen LogP contribution in [0.2, 0.25) is 0 Å². The van der Waals surface area contributed by atoms with Crippen molar-refractivity contribution in [2.75, 3.05) is 7.11 Å². The van der Waals surface area contributed by atoms with Crippen LogP contribution in [-0.2, 0) is 17.9 Å². The lowest BCUT2D eigenvalue weighted by molar-refractivity contribution is -0.116. The fraction of sp³-hybridized carbons (Fsp3) is 0.120. The van der Waals surface area contributed by atoms with Crippen LogP contribution in [0.3, 0.4) is 0 Å². The van der Waals surface area contributed by atoms with Gasteiger partial charge in [0.2, 0.25) is 5.91 Å². The Morgan fingerprint density at radius 1 is 1.00 bits per heavy atom. The highest BCUT2D eigenvalue weighted by atomic mass is 16.5. The molecule has 0 aliphatic rings. The maximum absolute atomic E-state index is 12.1. The number of nitrogens with zero attached hydrogens (tertiary/aromatic N) is 1. The van der Waals surface area contributed by atoms with Gasteiger partial charge in [0, 0.05) is 12.6 Å².